The molecule has 0 aromatic heterocycles. The van der Waals surface area contributed by atoms with E-state index in [1.807, 2.05) is 0 Å². The summed E-state index contributed by atoms with van der Waals surface area (Å²) >= 11 is 0. The van der Waals surface area contributed by atoms with Gasteiger partial charge in [-0.15, -0.1) is 0 Å². The Bertz CT molecular complexity index is 13.5. The van der Waals surface area contributed by atoms with Crippen LogP contribution in [0.3, 0.4) is 0 Å². The molecule has 0 fully saturated rings. The second-order valence-corrected chi connectivity index (χ2v) is 0. The minimum Gasteiger partial charge on any atom is -1.00 e. The second kappa shape index (κ2) is 18.0. The van der Waals surface area contributed by atoms with E-state index < -0.39 is 0 Å². The van der Waals surface area contributed by atoms with Gasteiger partial charge in [-0.2, -0.15) is 0 Å². The van der Waals surface area contributed by atoms with Crippen LogP contribution < -0.4 is 0 Å². The first-order valence-corrected chi connectivity index (χ1v) is 0. The van der Waals surface area contributed by atoms with Gasteiger partial charge < -0.3 is 2.85 Å². The van der Waals surface area contributed by atoms with E-state index in [1.54, 1.807) is 0 Å². The fraction of sp³-hybridized carbons (Fsp3) is 0. The van der Waals surface area contributed by atoms with Gasteiger partial charge in [0.25, 0.3) is 0 Å². The third-order valence-corrected chi connectivity index (χ3v) is 0. The van der Waals surface area contributed by atoms with Gasteiger partial charge >= 0.3 is 23.1 Å². The first kappa shape index (κ1) is 32.0. The van der Waals surface area contributed by atoms with Crippen molar-refractivity contribution >= 4 is 40.4 Å². The molecule has 0 aromatic rings. The average Bonchev–Trinajstić information content (AvgIpc) is 0. The Morgan fingerprint density at radius 3 is 1.25 bits per heavy atom. The molecule has 0 nitrogen and oxygen atoms in total. The van der Waals surface area contributed by atoms with Crippen LogP contribution in [-0.2, 0) is 36.5 Å². The fourth-order valence-electron chi connectivity index (χ4n) is 0. The van der Waals surface area contributed by atoms with Gasteiger partial charge in [0.15, 0.2) is 0 Å². The number of rotatable bonds is 0. The summed E-state index contributed by atoms with van der Waals surface area (Å²) in [6.45, 7) is 0. The van der Waals surface area contributed by atoms with Crippen LogP contribution in [-0.4, -0.2) is 40.4 Å². The molecule has 0 rings (SSSR count). The van der Waals surface area contributed by atoms with Crippen molar-refractivity contribution in [2.75, 3.05) is 0 Å². The molecule has 0 spiro atoms. The van der Waals surface area contributed by atoms with E-state index in [2.05, 4.69) is 0 Å². The van der Waals surface area contributed by atoms with Gasteiger partial charge in [0.1, 0.15) is 0 Å². The largest absolute Gasteiger partial charge is 2.00 e. The maximum Gasteiger partial charge on any atom is 2.00 e. The molecule has 0 aromatic carbocycles. The quantitative estimate of drug-likeness (QED) is 0.432. The molecule has 0 aliphatic carbocycles. The molecular weight excluding hydrogens is 172 g/mol. The van der Waals surface area contributed by atoms with E-state index in [-0.39, 0.29) is 79.8 Å². The SMILES string of the molecule is [Al].[H-].[H-].[Mg+2].[Mn].[Zn]. The van der Waals surface area contributed by atoms with Gasteiger partial charge in [-0.05, 0) is 0 Å². The van der Waals surface area contributed by atoms with Crippen molar-refractivity contribution in [3.05, 3.63) is 0 Å². The van der Waals surface area contributed by atoms with Crippen LogP contribution in [0.5, 0.6) is 0 Å². The topological polar surface area (TPSA) is 0 Å². The Morgan fingerprint density at radius 1 is 1.25 bits per heavy atom. The van der Waals surface area contributed by atoms with Crippen molar-refractivity contribution in [1.29, 1.82) is 0 Å². The average molecular weight is 174 g/mol. The summed E-state index contributed by atoms with van der Waals surface area (Å²) < 4.78 is 0. The summed E-state index contributed by atoms with van der Waals surface area (Å²) in [7, 11) is 0. The standard InChI is InChI=1S/Al.Mg.Mn.Zn.2H/q;+2;;;2*-1. The molecule has 16 valence electrons. The second-order valence-electron chi connectivity index (χ2n) is 0. The van der Waals surface area contributed by atoms with Gasteiger partial charge in [0.05, 0.1) is 0 Å². The third kappa shape index (κ3) is 8.82. The van der Waals surface area contributed by atoms with E-state index >= 15 is 0 Å². The zero-order chi connectivity index (χ0) is 0. The van der Waals surface area contributed by atoms with E-state index in [9.17, 15) is 0 Å². The molecular formula is H2AlMgMnZn. The monoisotopic (exact) mass is 172 g/mol. The molecule has 0 aliphatic rings. The van der Waals surface area contributed by atoms with Crippen molar-refractivity contribution in [2.24, 2.45) is 0 Å². The van der Waals surface area contributed by atoms with Crippen LogP contribution in [0.4, 0.5) is 0 Å². The minimum atomic E-state index is 0. The Hall–Kier alpha value is 2.44. The van der Waals surface area contributed by atoms with E-state index in [0.29, 0.717) is 0 Å². The maximum atomic E-state index is 0. The van der Waals surface area contributed by atoms with Gasteiger partial charge in [0, 0.05) is 53.9 Å². The Kier molecular flexibility index (Phi) is 144. The number of hydrogen-bond acceptors (Lipinski definition) is 0. The molecule has 0 bridgehead atoms. The first-order chi connectivity index (χ1) is 0. The van der Waals surface area contributed by atoms with Crippen LogP contribution in [0.15, 0.2) is 0 Å². The van der Waals surface area contributed by atoms with Crippen molar-refractivity contribution in [2.45, 2.75) is 0 Å². The molecule has 0 aliphatic heterocycles. The molecule has 0 saturated heterocycles. The van der Waals surface area contributed by atoms with Gasteiger partial charge in [-0.3, -0.25) is 0 Å². The van der Waals surface area contributed by atoms with E-state index in [4.69, 9.17) is 0 Å². The smallest absolute Gasteiger partial charge is 1.00 e. The zero-order valence-corrected chi connectivity index (χ0v) is 9.09. The molecule has 4 heavy (non-hydrogen) atoms. The molecule has 4 radical (unpaired) electrons. The normalized spacial score (nSPS) is 0. The van der Waals surface area contributed by atoms with E-state index in [1.165, 1.54) is 0 Å². The van der Waals surface area contributed by atoms with E-state index in [0.717, 1.165) is 0 Å². The molecule has 0 amide bonds. The van der Waals surface area contributed by atoms with Gasteiger partial charge in [0.2, 0.25) is 0 Å². The molecule has 4 heteroatoms. The Labute approximate surface area is 79.0 Å². The third-order valence-electron chi connectivity index (χ3n) is 0. The molecule has 0 saturated carbocycles. The number of hydrogen-bond donors (Lipinski definition) is 0. The van der Waals surface area contributed by atoms with Crippen molar-refractivity contribution in [3.63, 3.8) is 0 Å². The summed E-state index contributed by atoms with van der Waals surface area (Å²) in [6, 6.07) is 0. The summed E-state index contributed by atoms with van der Waals surface area (Å²) in [5.74, 6) is 0. The zero-order valence-electron chi connectivity index (χ0n) is 4.37. The maximum absolute atomic E-state index is 0. The van der Waals surface area contributed by atoms with Gasteiger partial charge in [-0.1, -0.05) is 0 Å². The van der Waals surface area contributed by atoms with Crippen LogP contribution in [0.1, 0.15) is 2.85 Å². The molecule has 0 atom stereocenters. The molecule has 0 heterocycles. The summed E-state index contributed by atoms with van der Waals surface area (Å²) in [4.78, 5) is 0. The predicted molar refractivity (Wildman–Crippen MR) is 13.7 cm³/mol. The van der Waals surface area contributed by atoms with Crippen LogP contribution in [0, 0.1) is 0 Å². The molecule has 0 N–H and O–H groups in total. The Morgan fingerprint density at radius 2 is 1.25 bits per heavy atom. The van der Waals surface area contributed by atoms with Crippen LogP contribution >= 0.6 is 0 Å². The summed E-state index contributed by atoms with van der Waals surface area (Å²) in [5.41, 5.74) is 0. The minimum absolute atomic E-state index is 0. The van der Waals surface area contributed by atoms with Gasteiger partial charge in [-0.25, -0.2) is 0 Å². The fourth-order valence-corrected chi connectivity index (χ4v) is 0. The van der Waals surface area contributed by atoms with Crippen molar-refractivity contribution in [3.8, 4) is 0 Å². The summed E-state index contributed by atoms with van der Waals surface area (Å²) in [5, 5.41) is 0. The van der Waals surface area contributed by atoms with Crippen LogP contribution in [0.2, 0.25) is 0 Å². The molecule has 0 unspecified atom stereocenters. The van der Waals surface area contributed by atoms with Crippen molar-refractivity contribution < 1.29 is 39.4 Å². The van der Waals surface area contributed by atoms with Crippen molar-refractivity contribution in [1.82, 2.24) is 0 Å². The first-order valence-electron chi connectivity index (χ1n) is 0. The Balaban J connectivity index is 0. The van der Waals surface area contributed by atoms with Crippen LogP contribution in [0.25, 0.3) is 0 Å². The predicted octanol–water partition coefficient (Wildman–Crippen LogP) is -0.542. The summed E-state index contributed by atoms with van der Waals surface area (Å²) in [6.07, 6.45) is 0.